The van der Waals surface area contributed by atoms with Crippen LogP contribution in [-0.2, 0) is 4.74 Å². The van der Waals surface area contributed by atoms with Gasteiger partial charge in [-0.05, 0) is 30.9 Å². The summed E-state index contributed by atoms with van der Waals surface area (Å²) in [5.41, 5.74) is 2.34. The zero-order valence-corrected chi connectivity index (χ0v) is 10.1. The van der Waals surface area contributed by atoms with E-state index in [1.165, 1.54) is 5.69 Å². The number of hydrogen-bond donors (Lipinski definition) is 1. The fourth-order valence-corrected chi connectivity index (χ4v) is 1.93. The first-order valence-corrected chi connectivity index (χ1v) is 6.06. The molecule has 1 fully saturated rings. The summed E-state index contributed by atoms with van der Waals surface area (Å²) in [6, 6.07) is 4.75. The summed E-state index contributed by atoms with van der Waals surface area (Å²) in [7, 11) is 0. The highest BCUT2D eigenvalue weighted by Gasteiger charge is 2.13. The average Bonchev–Trinajstić information content (AvgIpc) is 2.30. The van der Waals surface area contributed by atoms with E-state index in [4.69, 9.17) is 4.74 Å². The molecule has 2 heterocycles. The zero-order valence-electron chi connectivity index (χ0n) is 10.1. The second kappa shape index (κ2) is 5.30. The van der Waals surface area contributed by atoms with Crippen LogP contribution in [0, 0.1) is 0 Å². The van der Waals surface area contributed by atoms with E-state index in [2.05, 4.69) is 30.2 Å². The molecule has 3 heteroatoms. The lowest BCUT2D eigenvalue weighted by Crippen LogP contribution is -2.27. The molecule has 88 valence electrons. The molecule has 0 radical (unpaired) electrons. The number of nitrogens with one attached hydrogen (secondary N) is 1. The number of anilines is 1. The Morgan fingerprint density at radius 2 is 2.12 bits per heavy atom. The van der Waals surface area contributed by atoms with Crippen molar-refractivity contribution in [1.82, 2.24) is 4.98 Å². The van der Waals surface area contributed by atoms with Gasteiger partial charge < -0.3 is 10.1 Å². The molecular formula is C13H20N2O. The van der Waals surface area contributed by atoms with Crippen LogP contribution in [0.5, 0.6) is 0 Å². The highest BCUT2D eigenvalue weighted by atomic mass is 16.5. The number of nitrogens with zero attached hydrogens (tertiary/aromatic N) is 1. The van der Waals surface area contributed by atoms with Crippen molar-refractivity contribution in [3.05, 3.63) is 24.0 Å². The Labute approximate surface area is 97.2 Å². The van der Waals surface area contributed by atoms with Crippen LogP contribution in [0.1, 0.15) is 38.3 Å². The molecule has 16 heavy (non-hydrogen) atoms. The fraction of sp³-hybridized carbons (Fsp3) is 0.615. The lowest BCUT2D eigenvalue weighted by atomic mass is 10.1. The van der Waals surface area contributed by atoms with Crippen molar-refractivity contribution in [2.45, 2.75) is 38.6 Å². The first kappa shape index (κ1) is 11.4. The minimum absolute atomic E-state index is 0.483. The van der Waals surface area contributed by atoms with E-state index in [1.807, 2.05) is 12.3 Å². The van der Waals surface area contributed by atoms with Crippen LogP contribution in [0.15, 0.2) is 18.3 Å². The molecule has 1 N–H and O–H groups in total. The number of aromatic nitrogens is 1. The van der Waals surface area contributed by atoms with Gasteiger partial charge in [0.1, 0.15) is 0 Å². The van der Waals surface area contributed by atoms with Gasteiger partial charge in [0.25, 0.3) is 0 Å². The molecule has 1 aromatic heterocycles. The molecule has 0 amide bonds. The lowest BCUT2D eigenvalue weighted by Gasteiger charge is -2.24. The van der Waals surface area contributed by atoms with Crippen molar-refractivity contribution >= 4 is 5.69 Å². The summed E-state index contributed by atoms with van der Waals surface area (Å²) in [6.07, 6.45) is 4.08. The highest BCUT2D eigenvalue weighted by molar-refractivity contribution is 5.44. The third-order valence-electron chi connectivity index (χ3n) is 2.96. The Kier molecular flexibility index (Phi) is 3.78. The van der Waals surface area contributed by atoms with E-state index in [1.54, 1.807) is 0 Å². The normalized spacial score (nSPS) is 17.7. The van der Waals surface area contributed by atoms with Crippen molar-refractivity contribution < 1.29 is 4.74 Å². The summed E-state index contributed by atoms with van der Waals surface area (Å²) in [5.74, 6) is 0.483. The van der Waals surface area contributed by atoms with Crippen LogP contribution in [0.4, 0.5) is 5.69 Å². The summed E-state index contributed by atoms with van der Waals surface area (Å²) in [6.45, 7) is 6.08. The summed E-state index contributed by atoms with van der Waals surface area (Å²) >= 11 is 0. The largest absolute Gasteiger partial charge is 0.382 e. The first-order chi connectivity index (χ1) is 7.75. The number of ether oxygens (including phenoxy) is 1. The van der Waals surface area contributed by atoms with Gasteiger partial charge in [0.2, 0.25) is 0 Å². The predicted molar refractivity (Wildman–Crippen MR) is 65.8 cm³/mol. The summed E-state index contributed by atoms with van der Waals surface area (Å²) in [4.78, 5) is 4.37. The van der Waals surface area contributed by atoms with Crippen molar-refractivity contribution in [2.75, 3.05) is 18.5 Å². The Morgan fingerprint density at radius 3 is 2.81 bits per heavy atom. The van der Waals surface area contributed by atoms with E-state index in [9.17, 15) is 0 Å². The molecule has 0 aliphatic carbocycles. The minimum Gasteiger partial charge on any atom is -0.382 e. The molecule has 3 nitrogen and oxygen atoms in total. The average molecular weight is 220 g/mol. The molecule has 0 spiro atoms. The number of pyridine rings is 1. The molecule has 0 unspecified atom stereocenters. The van der Waals surface area contributed by atoms with E-state index >= 15 is 0 Å². The van der Waals surface area contributed by atoms with Gasteiger partial charge in [0.05, 0.1) is 0 Å². The molecule has 1 saturated heterocycles. The molecule has 0 bridgehead atoms. The quantitative estimate of drug-likeness (QED) is 0.850. The molecule has 0 saturated carbocycles. The van der Waals surface area contributed by atoms with E-state index < -0.39 is 0 Å². The first-order valence-electron chi connectivity index (χ1n) is 6.06. The maximum atomic E-state index is 5.35. The third-order valence-corrected chi connectivity index (χ3v) is 2.96. The lowest BCUT2D eigenvalue weighted by molar-refractivity contribution is 0.0904. The molecule has 1 aromatic rings. The van der Waals surface area contributed by atoms with Crippen molar-refractivity contribution in [3.63, 3.8) is 0 Å². The molecule has 2 rings (SSSR count). The van der Waals surface area contributed by atoms with Gasteiger partial charge in [0, 0.05) is 36.8 Å². The van der Waals surface area contributed by atoms with Gasteiger partial charge in [-0.1, -0.05) is 13.8 Å². The van der Waals surface area contributed by atoms with Crippen LogP contribution >= 0.6 is 0 Å². The molecule has 0 atom stereocenters. The van der Waals surface area contributed by atoms with Gasteiger partial charge in [0.15, 0.2) is 0 Å². The predicted octanol–water partition coefficient (Wildman–Crippen LogP) is 2.80. The van der Waals surface area contributed by atoms with Crippen molar-refractivity contribution in [1.29, 1.82) is 0 Å². The van der Waals surface area contributed by atoms with Gasteiger partial charge >= 0.3 is 0 Å². The second-order valence-electron chi connectivity index (χ2n) is 4.66. The van der Waals surface area contributed by atoms with Gasteiger partial charge in [-0.25, -0.2) is 0 Å². The van der Waals surface area contributed by atoms with Gasteiger partial charge in [-0.2, -0.15) is 0 Å². The maximum absolute atomic E-state index is 5.35. The van der Waals surface area contributed by atoms with Gasteiger partial charge in [-0.15, -0.1) is 0 Å². The van der Waals surface area contributed by atoms with E-state index in [0.717, 1.165) is 31.7 Å². The van der Waals surface area contributed by atoms with Gasteiger partial charge in [-0.3, -0.25) is 4.98 Å². The summed E-state index contributed by atoms with van der Waals surface area (Å²) in [5, 5.41) is 3.56. The fourth-order valence-electron chi connectivity index (χ4n) is 1.93. The Bertz CT molecular complexity index is 332. The topological polar surface area (TPSA) is 34.1 Å². The molecule has 1 aliphatic rings. The third kappa shape index (κ3) is 2.95. The summed E-state index contributed by atoms with van der Waals surface area (Å²) < 4.78 is 5.35. The standard InChI is InChI=1S/C13H20N2O/c1-10(2)13-9-12(3-6-14-13)15-11-4-7-16-8-5-11/h3,6,9-11H,4-5,7-8H2,1-2H3,(H,14,15). The highest BCUT2D eigenvalue weighted by Crippen LogP contribution is 2.18. The van der Waals surface area contributed by atoms with E-state index in [0.29, 0.717) is 12.0 Å². The smallest absolute Gasteiger partial charge is 0.0485 e. The van der Waals surface area contributed by atoms with E-state index in [-0.39, 0.29) is 0 Å². The van der Waals surface area contributed by atoms with Crippen molar-refractivity contribution in [3.8, 4) is 0 Å². The van der Waals surface area contributed by atoms with Crippen LogP contribution < -0.4 is 5.32 Å². The molecular weight excluding hydrogens is 200 g/mol. The van der Waals surface area contributed by atoms with Crippen LogP contribution in [0.3, 0.4) is 0 Å². The number of hydrogen-bond acceptors (Lipinski definition) is 3. The molecule has 0 aromatic carbocycles. The van der Waals surface area contributed by atoms with Crippen molar-refractivity contribution in [2.24, 2.45) is 0 Å². The number of rotatable bonds is 3. The zero-order chi connectivity index (χ0) is 11.4. The van der Waals surface area contributed by atoms with Crippen LogP contribution in [-0.4, -0.2) is 24.2 Å². The van der Waals surface area contributed by atoms with Crippen LogP contribution in [0.2, 0.25) is 0 Å². The molecule has 1 aliphatic heterocycles. The minimum atomic E-state index is 0.483. The monoisotopic (exact) mass is 220 g/mol. The Morgan fingerprint density at radius 1 is 1.38 bits per heavy atom. The Hall–Kier alpha value is -1.09. The maximum Gasteiger partial charge on any atom is 0.0485 e. The van der Waals surface area contributed by atoms with Crippen LogP contribution in [0.25, 0.3) is 0 Å². The second-order valence-corrected chi connectivity index (χ2v) is 4.66. The SMILES string of the molecule is CC(C)c1cc(NC2CCOCC2)ccn1. The Balaban J connectivity index is 2.00.